The average molecular weight is 407 g/mol. The van der Waals surface area contributed by atoms with Gasteiger partial charge in [0.15, 0.2) is 0 Å². The summed E-state index contributed by atoms with van der Waals surface area (Å²) < 4.78 is 6.10. The molecule has 3 aliphatic carbocycles. The molecular formula is C29H42O. The Morgan fingerprint density at radius 3 is 2.43 bits per heavy atom. The van der Waals surface area contributed by atoms with Crippen LogP contribution in [-0.4, -0.2) is 12.7 Å². The van der Waals surface area contributed by atoms with Gasteiger partial charge >= 0.3 is 0 Å². The van der Waals surface area contributed by atoms with Crippen LogP contribution in [0.5, 0.6) is 0 Å². The van der Waals surface area contributed by atoms with E-state index in [0.29, 0.717) is 6.10 Å². The second-order valence-electron chi connectivity index (χ2n) is 10.1. The van der Waals surface area contributed by atoms with Crippen molar-refractivity contribution in [1.29, 1.82) is 0 Å². The van der Waals surface area contributed by atoms with E-state index in [1.807, 2.05) is 0 Å². The first kappa shape index (κ1) is 21.9. The van der Waals surface area contributed by atoms with Crippen LogP contribution < -0.4 is 0 Å². The first-order valence-corrected chi connectivity index (χ1v) is 12.7. The first-order valence-electron chi connectivity index (χ1n) is 12.7. The number of allylic oxidation sites excluding steroid dienone is 3. The van der Waals surface area contributed by atoms with E-state index in [2.05, 4.69) is 56.4 Å². The maximum atomic E-state index is 6.10. The van der Waals surface area contributed by atoms with E-state index in [-0.39, 0.29) is 0 Å². The van der Waals surface area contributed by atoms with Gasteiger partial charge in [0, 0.05) is 0 Å². The summed E-state index contributed by atoms with van der Waals surface area (Å²) in [4.78, 5) is 0. The molecule has 0 saturated heterocycles. The fraction of sp³-hybridized carbons (Fsp3) is 0.655. The van der Waals surface area contributed by atoms with Gasteiger partial charge in [0.2, 0.25) is 0 Å². The van der Waals surface area contributed by atoms with Gasteiger partial charge in [0.1, 0.15) is 0 Å². The predicted molar refractivity (Wildman–Crippen MR) is 128 cm³/mol. The molecule has 1 aromatic carbocycles. The Hall–Kier alpha value is -1.34. The molecule has 2 saturated carbocycles. The van der Waals surface area contributed by atoms with Gasteiger partial charge in [-0.25, -0.2) is 0 Å². The lowest BCUT2D eigenvalue weighted by atomic mass is 9.62. The van der Waals surface area contributed by atoms with Crippen molar-refractivity contribution < 1.29 is 4.74 Å². The predicted octanol–water partition coefficient (Wildman–Crippen LogP) is 7.48. The Balaban J connectivity index is 1.29. The Morgan fingerprint density at radius 1 is 0.833 bits per heavy atom. The van der Waals surface area contributed by atoms with E-state index in [0.717, 1.165) is 30.3 Å². The lowest BCUT2D eigenvalue weighted by molar-refractivity contribution is -0.0138. The van der Waals surface area contributed by atoms with Gasteiger partial charge in [0.25, 0.3) is 0 Å². The summed E-state index contributed by atoms with van der Waals surface area (Å²) in [5.74, 6) is 3.80. The highest BCUT2D eigenvalue weighted by molar-refractivity contribution is 5.34. The second-order valence-corrected chi connectivity index (χ2v) is 10.1. The summed E-state index contributed by atoms with van der Waals surface area (Å²) in [5, 5.41) is 0. The van der Waals surface area contributed by atoms with Crippen LogP contribution in [0.4, 0.5) is 0 Å². The number of rotatable bonds is 7. The lowest BCUT2D eigenvalue weighted by Gasteiger charge is -2.45. The highest BCUT2D eigenvalue weighted by atomic mass is 16.5. The molecule has 164 valence electrons. The zero-order chi connectivity index (χ0) is 20.8. The molecule has 0 heterocycles. The topological polar surface area (TPSA) is 9.23 Å². The van der Waals surface area contributed by atoms with Crippen LogP contribution >= 0.6 is 0 Å². The van der Waals surface area contributed by atoms with Gasteiger partial charge in [-0.15, -0.1) is 0 Å². The van der Waals surface area contributed by atoms with Gasteiger partial charge < -0.3 is 4.74 Å². The van der Waals surface area contributed by atoms with Crippen molar-refractivity contribution in [2.24, 2.45) is 23.7 Å². The summed E-state index contributed by atoms with van der Waals surface area (Å²) in [6.45, 7) is 5.00. The van der Waals surface area contributed by atoms with E-state index in [9.17, 15) is 0 Å². The molecule has 0 aliphatic heterocycles. The first-order chi connectivity index (χ1) is 14.8. The number of fused-ring (bicyclic) bond motifs is 2. The third-order valence-electron chi connectivity index (χ3n) is 8.31. The smallest absolute Gasteiger partial charge is 0.0651 e. The molecule has 3 unspecified atom stereocenters. The lowest BCUT2D eigenvalue weighted by Crippen LogP contribution is -2.37. The average Bonchev–Trinajstić information content (AvgIpc) is 2.78. The molecule has 4 rings (SSSR count). The molecular weight excluding hydrogens is 364 g/mol. The van der Waals surface area contributed by atoms with Crippen molar-refractivity contribution >= 4 is 0 Å². The Kier molecular flexibility index (Phi) is 7.88. The highest BCUT2D eigenvalue weighted by Gasteiger charge is 2.38. The van der Waals surface area contributed by atoms with Crippen molar-refractivity contribution in [3.8, 4) is 0 Å². The maximum absolute atomic E-state index is 6.10. The fourth-order valence-corrected chi connectivity index (χ4v) is 6.56. The third-order valence-corrected chi connectivity index (χ3v) is 8.31. The molecule has 0 aromatic heterocycles. The normalized spacial score (nSPS) is 31.7. The Labute approximate surface area is 185 Å². The molecule has 1 heteroatoms. The van der Waals surface area contributed by atoms with Gasteiger partial charge in [-0.2, -0.15) is 0 Å². The highest BCUT2D eigenvalue weighted by Crippen LogP contribution is 2.47. The molecule has 3 aliphatic rings. The quantitative estimate of drug-likeness (QED) is 0.426. The minimum atomic E-state index is 0.516. The number of benzene rings is 1. The summed E-state index contributed by atoms with van der Waals surface area (Å²) in [7, 11) is 0. The second kappa shape index (κ2) is 10.8. The van der Waals surface area contributed by atoms with E-state index in [1.165, 1.54) is 76.2 Å². The van der Waals surface area contributed by atoms with Crippen LogP contribution in [0.2, 0.25) is 0 Å². The molecule has 1 nitrogen and oxygen atoms in total. The van der Waals surface area contributed by atoms with E-state index in [1.54, 1.807) is 11.1 Å². The van der Waals surface area contributed by atoms with E-state index < -0.39 is 0 Å². The number of aryl methyl sites for hydroxylation is 2. The molecule has 0 amide bonds. The number of ether oxygens (including phenoxy) is 1. The summed E-state index contributed by atoms with van der Waals surface area (Å²) in [6.07, 6.45) is 24.1. The number of hydrogen-bond donors (Lipinski definition) is 0. The van der Waals surface area contributed by atoms with Crippen LogP contribution in [0.15, 0.2) is 42.5 Å². The molecule has 0 radical (unpaired) electrons. The van der Waals surface area contributed by atoms with Crippen molar-refractivity contribution in [3.63, 3.8) is 0 Å². The molecule has 0 bridgehead atoms. The SMILES string of the molecule is CC=CCCc1ccc2c(c1)CCC(C1CCC3C[C@H](OCC=CC)CC[C@@H]3C1)C2. The van der Waals surface area contributed by atoms with Gasteiger partial charge in [-0.1, -0.05) is 42.5 Å². The van der Waals surface area contributed by atoms with Crippen LogP contribution in [0.1, 0.15) is 81.9 Å². The van der Waals surface area contributed by atoms with Crippen LogP contribution in [0.3, 0.4) is 0 Å². The Bertz CT molecular complexity index is 730. The van der Waals surface area contributed by atoms with Crippen LogP contribution in [-0.2, 0) is 24.0 Å². The summed E-state index contributed by atoms with van der Waals surface area (Å²) in [6, 6.07) is 7.38. The van der Waals surface area contributed by atoms with E-state index in [4.69, 9.17) is 4.74 Å². The monoisotopic (exact) mass is 406 g/mol. The summed E-state index contributed by atoms with van der Waals surface area (Å²) >= 11 is 0. The van der Waals surface area contributed by atoms with Crippen LogP contribution in [0, 0.1) is 23.7 Å². The minimum Gasteiger partial charge on any atom is -0.374 e. The Morgan fingerprint density at radius 2 is 1.60 bits per heavy atom. The van der Waals surface area contributed by atoms with Crippen LogP contribution in [0.25, 0.3) is 0 Å². The molecule has 30 heavy (non-hydrogen) atoms. The molecule has 0 N–H and O–H groups in total. The molecule has 5 atom stereocenters. The van der Waals surface area contributed by atoms with Crippen molar-refractivity contribution in [1.82, 2.24) is 0 Å². The molecule has 2 fully saturated rings. The van der Waals surface area contributed by atoms with Crippen molar-refractivity contribution in [2.45, 2.75) is 90.6 Å². The van der Waals surface area contributed by atoms with Gasteiger partial charge in [0.05, 0.1) is 12.7 Å². The zero-order valence-electron chi connectivity index (χ0n) is 19.3. The van der Waals surface area contributed by atoms with Gasteiger partial charge in [-0.3, -0.25) is 0 Å². The van der Waals surface area contributed by atoms with Gasteiger partial charge in [-0.05, 0) is 125 Å². The fourth-order valence-electron chi connectivity index (χ4n) is 6.56. The van der Waals surface area contributed by atoms with Crippen molar-refractivity contribution in [2.75, 3.05) is 6.61 Å². The van der Waals surface area contributed by atoms with Crippen molar-refractivity contribution in [3.05, 3.63) is 59.2 Å². The maximum Gasteiger partial charge on any atom is 0.0651 e. The molecule has 0 spiro atoms. The number of hydrogen-bond acceptors (Lipinski definition) is 1. The largest absolute Gasteiger partial charge is 0.374 e. The third kappa shape index (κ3) is 5.47. The minimum absolute atomic E-state index is 0.516. The van der Waals surface area contributed by atoms with E-state index >= 15 is 0 Å². The zero-order valence-corrected chi connectivity index (χ0v) is 19.3. The molecule has 1 aromatic rings. The summed E-state index contributed by atoms with van der Waals surface area (Å²) in [5.41, 5.74) is 4.83. The standard InChI is InChI=1S/C29H42O/c1-3-5-7-8-22-9-10-24-19-25(12-11-23(24)18-22)26-13-14-28-21-29(30-17-6-4-2)16-15-27(28)20-26/h3-6,9-10,18,25-29H,7-8,11-17,19-21H2,1-2H3/t25?,26?,27-,28?,29-/m1/s1.